The molecule has 0 aliphatic rings. The number of esters is 1. The summed E-state index contributed by atoms with van der Waals surface area (Å²) < 4.78 is 20.9. The van der Waals surface area contributed by atoms with E-state index >= 15 is 0 Å². The predicted octanol–water partition coefficient (Wildman–Crippen LogP) is 3.32. The summed E-state index contributed by atoms with van der Waals surface area (Å²) in [6.07, 6.45) is 1.19. The van der Waals surface area contributed by atoms with Gasteiger partial charge in [0.05, 0.1) is 20.3 Å². The smallest absolute Gasteiger partial charge is 0.349 e. The Labute approximate surface area is 185 Å². The van der Waals surface area contributed by atoms with Crippen molar-refractivity contribution in [3.8, 4) is 11.5 Å². The number of ether oxygens (including phenoxy) is 3. The van der Waals surface area contributed by atoms with Crippen LogP contribution in [0.2, 0.25) is 0 Å². The van der Waals surface area contributed by atoms with E-state index in [2.05, 4.69) is 5.32 Å². The van der Waals surface area contributed by atoms with Crippen LogP contribution in [0, 0.1) is 0 Å². The molecule has 0 fully saturated rings. The summed E-state index contributed by atoms with van der Waals surface area (Å²) in [6, 6.07) is 15.7. The molecule has 1 N–H and O–H groups in total. The minimum Gasteiger partial charge on any atom is -0.497 e. The van der Waals surface area contributed by atoms with Crippen LogP contribution in [0.5, 0.6) is 11.5 Å². The highest BCUT2D eigenvalue weighted by Crippen LogP contribution is 2.17. The predicted molar refractivity (Wildman–Crippen MR) is 118 cm³/mol. The van der Waals surface area contributed by atoms with E-state index in [-0.39, 0.29) is 31.1 Å². The third kappa shape index (κ3) is 6.60. The van der Waals surface area contributed by atoms with Crippen LogP contribution in [-0.4, -0.2) is 38.7 Å². The molecule has 32 heavy (non-hydrogen) atoms. The number of hydrogen-bond donors (Lipinski definition) is 1. The van der Waals surface area contributed by atoms with Crippen molar-refractivity contribution in [3.63, 3.8) is 0 Å². The molecular weight excluding hydrogens is 414 g/mol. The zero-order valence-corrected chi connectivity index (χ0v) is 17.8. The molecule has 2 aromatic carbocycles. The minimum atomic E-state index is -0.690. The molecule has 0 aliphatic heterocycles. The molecule has 1 heterocycles. The van der Waals surface area contributed by atoms with Gasteiger partial charge in [-0.05, 0) is 49.2 Å². The molecule has 8 heteroatoms. The molecule has 0 saturated carbocycles. The highest BCUT2D eigenvalue weighted by atomic mass is 16.5. The molecule has 0 aliphatic carbocycles. The Morgan fingerprint density at radius 3 is 2.50 bits per heavy atom. The number of rotatable bonds is 11. The molecule has 0 saturated heterocycles. The number of methoxy groups -OCH3 is 1. The average Bonchev–Trinajstić information content (AvgIpc) is 2.81. The topological polar surface area (TPSA) is 104 Å². The van der Waals surface area contributed by atoms with E-state index in [0.29, 0.717) is 36.2 Å². The van der Waals surface area contributed by atoms with Gasteiger partial charge in [-0.3, -0.25) is 9.59 Å². The molecular formula is C24H25NO7. The third-order valence-corrected chi connectivity index (χ3v) is 4.61. The van der Waals surface area contributed by atoms with E-state index in [1.807, 2.05) is 0 Å². The fourth-order valence-electron chi connectivity index (χ4n) is 2.93. The lowest BCUT2D eigenvalue weighted by Crippen LogP contribution is -2.29. The maximum absolute atomic E-state index is 12.2. The van der Waals surface area contributed by atoms with Gasteiger partial charge in [0.25, 0.3) is 5.91 Å². The highest BCUT2D eigenvalue weighted by Gasteiger charge is 2.13. The van der Waals surface area contributed by atoms with Gasteiger partial charge in [0.1, 0.15) is 22.6 Å². The van der Waals surface area contributed by atoms with Gasteiger partial charge >= 0.3 is 11.6 Å². The van der Waals surface area contributed by atoms with Crippen molar-refractivity contribution < 1.29 is 28.2 Å². The lowest BCUT2D eigenvalue weighted by Gasteiger charge is -2.08. The van der Waals surface area contributed by atoms with Crippen LogP contribution in [0.25, 0.3) is 11.0 Å². The van der Waals surface area contributed by atoms with E-state index in [1.165, 1.54) is 6.07 Å². The number of para-hydroxylation sites is 1. The van der Waals surface area contributed by atoms with Crippen LogP contribution in [-0.2, 0) is 9.53 Å². The fraction of sp³-hybridized carbons (Fsp3) is 0.292. The van der Waals surface area contributed by atoms with Crippen molar-refractivity contribution in [1.82, 2.24) is 5.32 Å². The zero-order chi connectivity index (χ0) is 22.8. The first-order valence-corrected chi connectivity index (χ1v) is 10.3. The number of carbonyl (C=O) groups excluding carboxylic acids is 2. The van der Waals surface area contributed by atoms with Crippen molar-refractivity contribution >= 4 is 22.8 Å². The van der Waals surface area contributed by atoms with Gasteiger partial charge < -0.3 is 23.9 Å². The Hall–Kier alpha value is -3.81. The first kappa shape index (κ1) is 22.9. The Morgan fingerprint density at radius 1 is 0.969 bits per heavy atom. The third-order valence-electron chi connectivity index (χ3n) is 4.61. The first-order valence-electron chi connectivity index (χ1n) is 10.3. The number of fused-ring (bicyclic) bond motifs is 1. The summed E-state index contributed by atoms with van der Waals surface area (Å²) in [5, 5.41) is 3.31. The maximum atomic E-state index is 12.2. The molecule has 3 aromatic rings. The number of carbonyl (C=O) groups is 2. The second kappa shape index (κ2) is 11.5. The fourth-order valence-corrected chi connectivity index (χ4v) is 2.93. The summed E-state index contributed by atoms with van der Waals surface area (Å²) in [4.78, 5) is 36.0. The van der Waals surface area contributed by atoms with Gasteiger partial charge in [-0.1, -0.05) is 18.2 Å². The quantitative estimate of drug-likeness (QED) is 0.278. The number of amides is 1. The van der Waals surface area contributed by atoms with Gasteiger partial charge in [-0.25, -0.2) is 4.79 Å². The molecule has 0 spiro atoms. The highest BCUT2D eigenvalue weighted by molar-refractivity contribution is 5.96. The summed E-state index contributed by atoms with van der Waals surface area (Å²) in [5.41, 5.74) is -0.322. The normalized spacial score (nSPS) is 10.5. The first-order chi connectivity index (χ1) is 15.6. The SMILES string of the molecule is COc1ccc(OCCCC(=O)OCCCNC(=O)c2cc3ccccc3oc2=O)cc1. The van der Waals surface area contributed by atoms with Crippen molar-refractivity contribution in [2.24, 2.45) is 0 Å². The molecule has 8 nitrogen and oxygen atoms in total. The average molecular weight is 439 g/mol. The molecule has 1 amide bonds. The van der Waals surface area contributed by atoms with E-state index in [9.17, 15) is 14.4 Å². The van der Waals surface area contributed by atoms with Crippen LogP contribution in [0.4, 0.5) is 0 Å². The molecule has 0 radical (unpaired) electrons. The molecule has 168 valence electrons. The number of hydrogen-bond acceptors (Lipinski definition) is 7. The summed E-state index contributed by atoms with van der Waals surface area (Å²) in [6.45, 7) is 0.829. The summed E-state index contributed by atoms with van der Waals surface area (Å²) >= 11 is 0. The molecule has 1 aromatic heterocycles. The standard InChI is InChI=1S/C24H25NO7/c1-29-18-9-11-19(12-10-18)30-14-4-8-22(26)31-15-5-13-25-23(27)20-16-17-6-2-3-7-21(17)32-24(20)28/h2-3,6-7,9-12,16H,4-5,8,13-15H2,1H3,(H,25,27). The number of nitrogens with one attached hydrogen (secondary N) is 1. The lowest BCUT2D eigenvalue weighted by atomic mass is 10.2. The van der Waals surface area contributed by atoms with Crippen LogP contribution in [0.3, 0.4) is 0 Å². The van der Waals surface area contributed by atoms with Crippen LogP contribution < -0.4 is 20.4 Å². The summed E-state index contributed by atoms with van der Waals surface area (Å²) in [5.74, 6) is 0.601. The maximum Gasteiger partial charge on any atom is 0.349 e. The van der Waals surface area contributed by atoms with Crippen molar-refractivity contribution in [2.75, 3.05) is 26.9 Å². The number of benzene rings is 2. The second-order valence-electron chi connectivity index (χ2n) is 6.94. The van der Waals surface area contributed by atoms with Crippen molar-refractivity contribution in [2.45, 2.75) is 19.3 Å². The molecule has 3 rings (SSSR count). The zero-order valence-electron chi connectivity index (χ0n) is 17.8. The van der Waals surface area contributed by atoms with Crippen molar-refractivity contribution in [3.05, 3.63) is 70.6 Å². The van der Waals surface area contributed by atoms with Gasteiger partial charge in [0.2, 0.25) is 0 Å². The Balaban J connectivity index is 1.29. The van der Waals surface area contributed by atoms with Gasteiger partial charge in [0.15, 0.2) is 0 Å². The molecule has 0 unspecified atom stereocenters. The minimum absolute atomic E-state index is 0.0578. The Kier molecular flexibility index (Phi) is 8.25. The summed E-state index contributed by atoms with van der Waals surface area (Å²) in [7, 11) is 1.60. The Morgan fingerprint density at radius 2 is 1.72 bits per heavy atom. The van der Waals surface area contributed by atoms with E-state index < -0.39 is 11.5 Å². The van der Waals surface area contributed by atoms with Crippen LogP contribution in [0.15, 0.2) is 63.8 Å². The van der Waals surface area contributed by atoms with Crippen LogP contribution in [0.1, 0.15) is 29.6 Å². The molecule has 0 atom stereocenters. The monoisotopic (exact) mass is 439 g/mol. The second-order valence-corrected chi connectivity index (χ2v) is 6.94. The molecule has 0 bridgehead atoms. The van der Waals surface area contributed by atoms with E-state index in [0.717, 1.165) is 5.75 Å². The van der Waals surface area contributed by atoms with Crippen LogP contribution >= 0.6 is 0 Å². The van der Waals surface area contributed by atoms with Gasteiger partial charge in [0, 0.05) is 18.4 Å². The van der Waals surface area contributed by atoms with Gasteiger partial charge in [-0.2, -0.15) is 0 Å². The largest absolute Gasteiger partial charge is 0.497 e. The Bertz CT molecular complexity index is 1110. The lowest BCUT2D eigenvalue weighted by molar-refractivity contribution is -0.143. The van der Waals surface area contributed by atoms with Gasteiger partial charge in [-0.15, -0.1) is 0 Å². The van der Waals surface area contributed by atoms with E-state index in [1.54, 1.807) is 55.6 Å². The van der Waals surface area contributed by atoms with E-state index in [4.69, 9.17) is 18.6 Å². The van der Waals surface area contributed by atoms with Crippen molar-refractivity contribution in [1.29, 1.82) is 0 Å².